The van der Waals surface area contributed by atoms with Gasteiger partial charge in [-0.2, -0.15) is 9.65 Å². The summed E-state index contributed by atoms with van der Waals surface area (Å²) in [6.45, 7) is 0. The highest BCUT2D eigenvalue weighted by atomic mass is 35.5. The Hall–Kier alpha value is -4.33. The van der Waals surface area contributed by atoms with E-state index in [9.17, 15) is 14.0 Å². The van der Waals surface area contributed by atoms with Crippen molar-refractivity contribution in [3.63, 3.8) is 0 Å². The molecule has 12 heteroatoms. The fourth-order valence-electron chi connectivity index (χ4n) is 4.32. The smallest absolute Gasteiger partial charge is 0.249 e. The zero-order valence-electron chi connectivity index (χ0n) is 20.0. The van der Waals surface area contributed by atoms with Crippen LogP contribution in [0.5, 0.6) is 0 Å². The van der Waals surface area contributed by atoms with E-state index < -0.39 is 17.8 Å². The van der Waals surface area contributed by atoms with Crippen LogP contribution in [0.4, 0.5) is 25.8 Å². The molecular formula is C27H18Cl2F2N8. The van der Waals surface area contributed by atoms with Gasteiger partial charge in [-0.3, -0.25) is 4.98 Å². The monoisotopic (exact) mass is 562 g/mol. The Balaban J connectivity index is 1.45. The zero-order valence-corrected chi connectivity index (χ0v) is 21.5. The molecule has 3 aromatic heterocycles. The molecule has 0 radical (unpaired) electrons. The normalized spacial score (nSPS) is 13.7. The SMILES string of the molecule is N#Cc1cnc2c(Cl)cc(NC(c3cn(C4CC4)nn3)c3ccccc3Cl)cc2c1Nc1cnc(F)c(F)c1. The minimum Gasteiger partial charge on any atom is -0.373 e. The Labute approximate surface area is 231 Å². The average molecular weight is 563 g/mol. The van der Waals surface area contributed by atoms with Crippen LogP contribution in [-0.4, -0.2) is 25.0 Å². The predicted molar refractivity (Wildman–Crippen MR) is 144 cm³/mol. The summed E-state index contributed by atoms with van der Waals surface area (Å²) in [7, 11) is 0. The number of nitrogens with one attached hydrogen (secondary N) is 2. The lowest BCUT2D eigenvalue weighted by atomic mass is 10.0. The van der Waals surface area contributed by atoms with Gasteiger partial charge in [-0.05, 0) is 36.6 Å². The zero-order chi connectivity index (χ0) is 27.1. The van der Waals surface area contributed by atoms with E-state index in [0.717, 1.165) is 30.7 Å². The van der Waals surface area contributed by atoms with Crippen LogP contribution in [0.25, 0.3) is 10.9 Å². The van der Waals surface area contributed by atoms with E-state index in [4.69, 9.17) is 23.2 Å². The molecule has 1 saturated carbocycles. The molecule has 1 fully saturated rings. The fraction of sp³-hybridized carbons (Fsp3) is 0.148. The third-order valence-electron chi connectivity index (χ3n) is 6.38. The van der Waals surface area contributed by atoms with Gasteiger partial charge in [0, 0.05) is 28.4 Å². The molecule has 8 nitrogen and oxygen atoms in total. The molecule has 1 atom stereocenters. The molecule has 1 aliphatic rings. The van der Waals surface area contributed by atoms with Crippen molar-refractivity contribution >= 4 is 51.2 Å². The van der Waals surface area contributed by atoms with Crippen LogP contribution >= 0.6 is 23.2 Å². The highest BCUT2D eigenvalue weighted by Crippen LogP contribution is 2.39. The van der Waals surface area contributed by atoms with E-state index in [1.54, 1.807) is 18.2 Å². The molecule has 0 aliphatic heterocycles. The number of halogens is 4. The van der Waals surface area contributed by atoms with Crippen LogP contribution in [-0.2, 0) is 0 Å². The number of benzene rings is 2. The molecule has 0 spiro atoms. The number of fused-ring (bicyclic) bond motifs is 1. The third kappa shape index (κ3) is 4.94. The van der Waals surface area contributed by atoms with Gasteiger partial charge in [0.15, 0.2) is 5.82 Å². The van der Waals surface area contributed by atoms with Crippen molar-refractivity contribution in [1.29, 1.82) is 5.26 Å². The standard InChI is InChI=1S/C27H18Cl2F2N8/c28-20-4-2-1-3-18(20)26(23-13-39(38-37-23)17-5-6-17)35-15-7-19-24(36-16-9-22(30)27(31)34-12-16)14(10-32)11-33-25(19)21(29)8-15/h1-4,7-9,11-13,17,26,35H,5-6H2,(H,33,36). The first kappa shape index (κ1) is 25.0. The highest BCUT2D eigenvalue weighted by Gasteiger charge is 2.28. The number of nitrogens with zero attached hydrogens (tertiary/aromatic N) is 6. The summed E-state index contributed by atoms with van der Waals surface area (Å²) in [5, 5.41) is 26.2. The summed E-state index contributed by atoms with van der Waals surface area (Å²) in [5.41, 5.74) is 3.09. The average Bonchev–Trinajstić information content (AvgIpc) is 3.67. The van der Waals surface area contributed by atoms with Crippen LogP contribution in [0.3, 0.4) is 0 Å². The van der Waals surface area contributed by atoms with Gasteiger partial charge in [0.05, 0.1) is 52.0 Å². The Morgan fingerprint density at radius 1 is 1.03 bits per heavy atom. The van der Waals surface area contributed by atoms with E-state index in [-0.39, 0.29) is 11.3 Å². The van der Waals surface area contributed by atoms with Crippen LogP contribution in [0.1, 0.15) is 41.7 Å². The lowest BCUT2D eigenvalue weighted by molar-refractivity contribution is 0.480. The van der Waals surface area contributed by atoms with Crippen LogP contribution in [0, 0.1) is 23.1 Å². The first-order valence-electron chi connectivity index (χ1n) is 11.9. The summed E-state index contributed by atoms with van der Waals surface area (Å²) < 4.78 is 29.1. The second-order valence-corrected chi connectivity index (χ2v) is 9.90. The number of nitriles is 1. The van der Waals surface area contributed by atoms with E-state index in [2.05, 4.69) is 37.0 Å². The van der Waals surface area contributed by atoms with Crippen LogP contribution < -0.4 is 10.6 Å². The molecule has 2 aromatic carbocycles. The van der Waals surface area contributed by atoms with E-state index in [1.165, 1.54) is 6.20 Å². The summed E-state index contributed by atoms with van der Waals surface area (Å²) >= 11 is 13.2. The van der Waals surface area contributed by atoms with Gasteiger partial charge in [0.25, 0.3) is 0 Å². The lowest BCUT2D eigenvalue weighted by Gasteiger charge is -2.21. The Kier molecular flexibility index (Phi) is 6.46. The van der Waals surface area contributed by atoms with Crippen molar-refractivity contribution < 1.29 is 8.78 Å². The van der Waals surface area contributed by atoms with Crippen molar-refractivity contribution in [2.24, 2.45) is 0 Å². The molecule has 6 rings (SSSR count). The topological polar surface area (TPSA) is 104 Å². The molecule has 0 bridgehead atoms. The number of hydrogen-bond acceptors (Lipinski definition) is 7. The van der Waals surface area contributed by atoms with E-state index >= 15 is 0 Å². The highest BCUT2D eigenvalue weighted by molar-refractivity contribution is 6.36. The number of rotatable bonds is 7. The molecule has 0 amide bonds. The number of hydrogen-bond donors (Lipinski definition) is 2. The molecule has 5 aromatic rings. The van der Waals surface area contributed by atoms with Crippen LogP contribution in [0.2, 0.25) is 10.0 Å². The first-order valence-corrected chi connectivity index (χ1v) is 12.7. The van der Waals surface area contributed by atoms with Crippen molar-refractivity contribution in [1.82, 2.24) is 25.0 Å². The second-order valence-electron chi connectivity index (χ2n) is 9.09. The summed E-state index contributed by atoms with van der Waals surface area (Å²) in [4.78, 5) is 7.76. The summed E-state index contributed by atoms with van der Waals surface area (Å²) in [6, 6.07) is 13.8. The fourth-order valence-corrected chi connectivity index (χ4v) is 4.84. The number of aromatic nitrogens is 5. The maximum atomic E-state index is 13.9. The molecule has 39 heavy (non-hydrogen) atoms. The Morgan fingerprint density at radius 3 is 2.59 bits per heavy atom. The van der Waals surface area contributed by atoms with Gasteiger partial charge in [0.2, 0.25) is 5.95 Å². The Bertz CT molecular complexity index is 1760. The minimum absolute atomic E-state index is 0.151. The quantitative estimate of drug-likeness (QED) is 0.206. The van der Waals surface area contributed by atoms with Crippen molar-refractivity contribution in [2.45, 2.75) is 24.9 Å². The van der Waals surface area contributed by atoms with Crippen LogP contribution in [0.15, 0.2) is 61.1 Å². The summed E-state index contributed by atoms with van der Waals surface area (Å²) in [6.07, 6.45) is 6.51. The molecule has 1 unspecified atom stereocenters. The predicted octanol–water partition coefficient (Wildman–Crippen LogP) is 6.96. The molecule has 3 heterocycles. The van der Waals surface area contributed by atoms with E-state index in [0.29, 0.717) is 44.1 Å². The molecule has 0 saturated heterocycles. The number of pyridine rings is 2. The minimum atomic E-state index is -1.22. The lowest BCUT2D eigenvalue weighted by Crippen LogP contribution is -2.14. The third-order valence-corrected chi connectivity index (χ3v) is 7.02. The first-order chi connectivity index (χ1) is 18.9. The van der Waals surface area contributed by atoms with Crippen molar-refractivity contribution in [3.05, 3.63) is 99.7 Å². The molecule has 1 aliphatic carbocycles. The molecular weight excluding hydrogens is 545 g/mol. The molecule has 194 valence electrons. The molecule has 2 N–H and O–H groups in total. The number of anilines is 3. The van der Waals surface area contributed by atoms with Crippen molar-refractivity contribution in [2.75, 3.05) is 10.6 Å². The summed E-state index contributed by atoms with van der Waals surface area (Å²) in [5.74, 6) is -2.35. The maximum absolute atomic E-state index is 13.9. The Morgan fingerprint density at radius 2 is 1.85 bits per heavy atom. The largest absolute Gasteiger partial charge is 0.373 e. The van der Waals surface area contributed by atoms with Gasteiger partial charge in [-0.1, -0.05) is 46.6 Å². The van der Waals surface area contributed by atoms with Gasteiger partial charge in [-0.15, -0.1) is 5.10 Å². The van der Waals surface area contributed by atoms with Crippen molar-refractivity contribution in [3.8, 4) is 6.07 Å². The van der Waals surface area contributed by atoms with Gasteiger partial charge < -0.3 is 10.6 Å². The maximum Gasteiger partial charge on any atom is 0.249 e. The van der Waals surface area contributed by atoms with Gasteiger partial charge in [-0.25, -0.2) is 14.1 Å². The van der Waals surface area contributed by atoms with Gasteiger partial charge >= 0.3 is 0 Å². The second kappa shape index (κ2) is 10.1. The van der Waals surface area contributed by atoms with Gasteiger partial charge in [0.1, 0.15) is 11.8 Å². The van der Waals surface area contributed by atoms with E-state index in [1.807, 2.05) is 29.1 Å².